The molecule has 0 N–H and O–H groups in total. The molecule has 4 heteroatoms. The van der Waals surface area contributed by atoms with Crippen LogP contribution in [0.2, 0.25) is 0 Å². The molecular weight excluding hydrogens is 342 g/mol. The zero-order chi connectivity index (χ0) is 18.2. The van der Waals surface area contributed by atoms with Gasteiger partial charge in [0.2, 0.25) is 5.91 Å². The molecule has 0 spiro atoms. The van der Waals surface area contributed by atoms with Crippen LogP contribution < -0.4 is 0 Å². The molecule has 0 saturated carbocycles. The van der Waals surface area contributed by atoms with Gasteiger partial charge in [-0.05, 0) is 43.4 Å². The van der Waals surface area contributed by atoms with E-state index in [1.54, 1.807) is 11.8 Å². The third-order valence-electron chi connectivity index (χ3n) is 4.71. The molecule has 1 heterocycles. The lowest BCUT2D eigenvalue weighted by molar-refractivity contribution is -0.133. The Kier molecular flexibility index (Phi) is 7.15. The van der Waals surface area contributed by atoms with E-state index < -0.39 is 0 Å². The van der Waals surface area contributed by atoms with Crippen LogP contribution >= 0.6 is 11.8 Å². The van der Waals surface area contributed by atoms with Crippen molar-refractivity contribution in [1.29, 1.82) is 0 Å². The molecule has 3 rings (SSSR count). The topological polar surface area (TPSA) is 29.5 Å². The van der Waals surface area contributed by atoms with Crippen molar-refractivity contribution in [1.82, 2.24) is 4.90 Å². The highest BCUT2D eigenvalue weighted by atomic mass is 32.2. The number of amides is 1. The van der Waals surface area contributed by atoms with Gasteiger partial charge in [0, 0.05) is 24.6 Å². The van der Waals surface area contributed by atoms with E-state index in [2.05, 4.69) is 24.3 Å². The van der Waals surface area contributed by atoms with Gasteiger partial charge < -0.3 is 9.64 Å². The summed E-state index contributed by atoms with van der Waals surface area (Å²) in [5.41, 5.74) is 1.07. The Morgan fingerprint density at radius 2 is 1.85 bits per heavy atom. The molecular formula is C22H27NO2S. The highest BCUT2D eigenvalue weighted by Gasteiger charge is 2.30. The number of benzene rings is 2. The van der Waals surface area contributed by atoms with Crippen molar-refractivity contribution in [2.75, 3.05) is 26.3 Å². The predicted molar refractivity (Wildman–Crippen MR) is 107 cm³/mol. The summed E-state index contributed by atoms with van der Waals surface area (Å²) >= 11 is 1.64. The van der Waals surface area contributed by atoms with Crippen molar-refractivity contribution in [2.45, 2.75) is 29.9 Å². The Bertz CT molecular complexity index is 677. The summed E-state index contributed by atoms with van der Waals surface area (Å²) in [6, 6.07) is 20.3. The Labute approximate surface area is 160 Å². The fourth-order valence-electron chi connectivity index (χ4n) is 3.38. The van der Waals surface area contributed by atoms with E-state index in [4.69, 9.17) is 4.74 Å². The van der Waals surface area contributed by atoms with E-state index in [0.29, 0.717) is 5.92 Å². The summed E-state index contributed by atoms with van der Waals surface area (Å²) in [6.45, 7) is 5.16. The lowest BCUT2D eigenvalue weighted by Crippen LogP contribution is -2.43. The Morgan fingerprint density at radius 3 is 2.54 bits per heavy atom. The van der Waals surface area contributed by atoms with Gasteiger partial charge >= 0.3 is 0 Å². The fourth-order valence-corrected chi connectivity index (χ4v) is 4.51. The number of nitrogens with zero attached hydrogens (tertiary/aromatic N) is 1. The van der Waals surface area contributed by atoms with Crippen LogP contribution in [0.4, 0.5) is 0 Å². The van der Waals surface area contributed by atoms with Crippen LogP contribution in [-0.4, -0.2) is 37.1 Å². The second kappa shape index (κ2) is 9.79. The zero-order valence-electron chi connectivity index (χ0n) is 15.3. The summed E-state index contributed by atoms with van der Waals surface area (Å²) < 4.78 is 5.60. The van der Waals surface area contributed by atoms with Crippen LogP contribution in [0.5, 0.6) is 0 Å². The van der Waals surface area contributed by atoms with Crippen LogP contribution in [0.25, 0.3) is 0 Å². The Hall–Kier alpha value is -1.78. The molecule has 138 valence electrons. The Morgan fingerprint density at radius 1 is 1.15 bits per heavy atom. The number of likely N-dealkylation sites (tertiary alicyclic amines) is 1. The molecule has 1 aliphatic rings. The summed E-state index contributed by atoms with van der Waals surface area (Å²) in [7, 11) is 0. The first-order valence-electron chi connectivity index (χ1n) is 9.41. The second-order valence-corrected chi connectivity index (χ2v) is 7.85. The van der Waals surface area contributed by atoms with E-state index in [0.717, 1.165) is 49.6 Å². The second-order valence-electron chi connectivity index (χ2n) is 6.67. The number of ether oxygens (including phenoxy) is 1. The zero-order valence-corrected chi connectivity index (χ0v) is 16.2. The molecule has 1 fully saturated rings. The first-order valence-corrected chi connectivity index (χ1v) is 10.3. The molecule has 0 aromatic heterocycles. The quantitative estimate of drug-likeness (QED) is 0.657. The van der Waals surface area contributed by atoms with Crippen LogP contribution in [0.1, 0.15) is 30.6 Å². The van der Waals surface area contributed by atoms with Gasteiger partial charge in [0.15, 0.2) is 0 Å². The third-order valence-corrected chi connectivity index (χ3v) is 5.97. The van der Waals surface area contributed by atoms with Gasteiger partial charge in [0.1, 0.15) is 5.25 Å². The van der Waals surface area contributed by atoms with E-state index in [1.165, 1.54) is 0 Å². The number of carbonyl (C=O) groups is 1. The molecule has 1 aliphatic heterocycles. The van der Waals surface area contributed by atoms with Crippen molar-refractivity contribution in [3.05, 3.63) is 66.2 Å². The van der Waals surface area contributed by atoms with Crippen LogP contribution in [0, 0.1) is 5.92 Å². The largest absolute Gasteiger partial charge is 0.381 e. The van der Waals surface area contributed by atoms with Gasteiger partial charge in [-0.25, -0.2) is 0 Å². The molecule has 0 radical (unpaired) electrons. The van der Waals surface area contributed by atoms with Gasteiger partial charge in [-0.1, -0.05) is 48.5 Å². The van der Waals surface area contributed by atoms with Crippen molar-refractivity contribution < 1.29 is 9.53 Å². The van der Waals surface area contributed by atoms with Crippen LogP contribution in [0.15, 0.2) is 65.6 Å². The molecule has 2 aromatic rings. The van der Waals surface area contributed by atoms with Crippen molar-refractivity contribution in [2.24, 2.45) is 5.92 Å². The maximum atomic E-state index is 13.4. The normalized spacial score (nSPS) is 18.5. The summed E-state index contributed by atoms with van der Waals surface area (Å²) in [5, 5.41) is -0.204. The molecule has 2 atom stereocenters. The molecule has 0 aliphatic carbocycles. The minimum absolute atomic E-state index is 0.204. The van der Waals surface area contributed by atoms with Crippen LogP contribution in [0.3, 0.4) is 0 Å². The van der Waals surface area contributed by atoms with Gasteiger partial charge in [-0.3, -0.25) is 4.79 Å². The summed E-state index contributed by atoms with van der Waals surface area (Å²) in [6.07, 6.45) is 2.20. The molecule has 1 amide bonds. The number of piperidine rings is 1. The fraction of sp³-hybridized carbons (Fsp3) is 0.409. The van der Waals surface area contributed by atoms with Gasteiger partial charge in [0.25, 0.3) is 0 Å². The first kappa shape index (κ1) is 19.0. The average Bonchev–Trinajstić information content (AvgIpc) is 2.71. The van der Waals surface area contributed by atoms with E-state index in [9.17, 15) is 4.79 Å². The standard InChI is InChI=1S/C22H27NO2S/c1-2-25-17-18-10-9-15-23(16-18)22(24)21(19-11-5-3-6-12-19)26-20-13-7-4-8-14-20/h3-8,11-14,18,21H,2,9-10,15-17H2,1H3. The smallest absolute Gasteiger partial charge is 0.240 e. The van der Waals surface area contributed by atoms with Gasteiger partial charge in [0.05, 0.1) is 6.61 Å². The lowest BCUT2D eigenvalue weighted by Gasteiger charge is -2.35. The molecule has 3 nitrogen and oxygen atoms in total. The minimum atomic E-state index is -0.204. The number of carbonyl (C=O) groups excluding carboxylic acids is 1. The third kappa shape index (κ3) is 5.12. The van der Waals surface area contributed by atoms with Crippen molar-refractivity contribution in [3.63, 3.8) is 0 Å². The molecule has 26 heavy (non-hydrogen) atoms. The van der Waals surface area contributed by atoms with E-state index in [1.807, 2.05) is 48.2 Å². The maximum absolute atomic E-state index is 13.4. The van der Waals surface area contributed by atoms with Gasteiger partial charge in [-0.15, -0.1) is 11.8 Å². The lowest BCUT2D eigenvalue weighted by atomic mass is 9.98. The molecule has 2 aromatic carbocycles. The minimum Gasteiger partial charge on any atom is -0.381 e. The summed E-state index contributed by atoms with van der Waals surface area (Å²) in [5.74, 6) is 0.664. The van der Waals surface area contributed by atoms with Gasteiger partial charge in [-0.2, -0.15) is 0 Å². The molecule has 2 unspecified atom stereocenters. The monoisotopic (exact) mass is 369 g/mol. The van der Waals surface area contributed by atoms with Crippen molar-refractivity contribution in [3.8, 4) is 0 Å². The number of hydrogen-bond donors (Lipinski definition) is 0. The van der Waals surface area contributed by atoms with Crippen LogP contribution in [-0.2, 0) is 9.53 Å². The number of rotatable bonds is 7. The highest BCUT2D eigenvalue weighted by Crippen LogP contribution is 2.37. The van der Waals surface area contributed by atoms with E-state index in [-0.39, 0.29) is 11.2 Å². The van der Waals surface area contributed by atoms with E-state index >= 15 is 0 Å². The number of hydrogen-bond acceptors (Lipinski definition) is 3. The van der Waals surface area contributed by atoms with Crippen molar-refractivity contribution >= 4 is 17.7 Å². The Balaban J connectivity index is 1.76. The molecule has 0 bridgehead atoms. The average molecular weight is 370 g/mol. The highest BCUT2D eigenvalue weighted by molar-refractivity contribution is 8.00. The summed E-state index contributed by atoms with van der Waals surface area (Å²) in [4.78, 5) is 16.6. The number of thioether (sulfide) groups is 1. The molecule has 1 saturated heterocycles. The predicted octanol–water partition coefficient (Wildman–Crippen LogP) is 4.80. The first-order chi connectivity index (χ1) is 12.8. The maximum Gasteiger partial charge on any atom is 0.240 e. The SMILES string of the molecule is CCOCC1CCCN(C(=O)C(Sc2ccccc2)c2ccccc2)C1.